The molecular formula is C16H23F2NO. The van der Waals surface area contributed by atoms with Gasteiger partial charge in [0.2, 0.25) is 0 Å². The lowest BCUT2D eigenvalue weighted by Crippen LogP contribution is -2.40. The van der Waals surface area contributed by atoms with E-state index in [4.69, 9.17) is 5.73 Å². The summed E-state index contributed by atoms with van der Waals surface area (Å²) in [5, 5.41) is 10.6. The lowest BCUT2D eigenvalue weighted by molar-refractivity contribution is -0.0124. The molecule has 0 bridgehead atoms. The Balaban J connectivity index is 2.23. The third-order valence-electron chi connectivity index (χ3n) is 4.92. The second-order valence-electron chi connectivity index (χ2n) is 5.99. The van der Waals surface area contributed by atoms with Crippen LogP contribution < -0.4 is 5.73 Å². The van der Waals surface area contributed by atoms with Gasteiger partial charge in [0.1, 0.15) is 11.6 Å². The first-order valence-electron chi connectivity index (χ1n) is 7.35. The van der Waals surface area contributed by atoms with Gasteiger partial charge in [-0.15, -0.1) is 0 Å². The van der Waals surface area contributed by atoms with E-state index in [2.05, 4.69) is 6.92 Å². The highest BCUT2D eigenvalue weighted by Gasteiger charge is 2.41. The lowest BCUT2D eigenvalue weighted by atomic mass is 9.65. The molecule has 1 fully saturated rings. The molecule has 0 aromatic heterocycles. The molecule has 1 aliphatic carbocycles. The van der Waals surface area contributed by atoms with Crippen molar-refractivity contribution in [1.82, 2.24) is 0 Å². The number of hydrogen-bond acceptors (Lipinski definition) is 2. The summed E-state index contributed by atoms with van der Waals surface area (Å²) in [7, 11) is 0. The highest BCUT2D eigenvalue weighted by Crippen LogP contribution is 2.47. The van der Waals surface area contributed by atoms with E-state index in [1.54, 1.807) is 0 Å². The smallest absolute Gasteiger partial charge is 0.131 e. The first-order valence-corrected chi connectivity index (χ1v) is 7.35. The Hall–Kier alpha value is -1.00. The van der Waals surface area contributed by atoms with Crippen LogP contribution in [0.5, 0.6) is 0 Å². The zero-order chi connectivity index (χ0) is 14.8. The summed E-state index contributed by atoms with van der Waals surface area (Å²) in [6.45, 7) is 2.48. The zero-order valence-electron chi connectivity index (χ0n) is 11.9. The van der Waals surface area contributed by atoms with Crippen LogP contribution in [0.25, 0.3) is 0 Å². The van der Waals surface area contributed by atoms with Crippen molar-refractivity contribution in [2.75, 3.05) is 6.54 Å². The average Bonchev–Trinajstić information content (AvgIpc) is 2.46. The normalized spacial score (nSPS) is 28.4. The Kier molecular flexibility index (Phi) is 4.76. The molecule has 0 radical (unpaired) electrons. The summed E-state index contributed by atoms with van der Waals surface area (Å²) in [5.41, 5.74) is 5.56. The largest absolute Gasteiger partial charge is 0.388 e. The fourth-order valence-electron chi connectivity index (χ4n) is 3.30. The van der Waals surface area contributed by atoms with E-state index in [9.17, 15) is 13.9 Å². The van der Waals surface area contributed by atoms with Gasteiger partial charge in [0.25, 0.3) is 0 Å². The monoisotopic (exact) mass is 283 g/mol. The van der Waals surface area contributed by atoms with E-state index in [1.807, 2.05) is 0 Å². The Morgan fingerprint density at radius 1 is 1.35 bits per heavy atom. The number of hydrogen-bond donors (Lipinski definition) is 2. The van der Waals surface area contributed by atoms with Crippen LogP contribution in [0.3, 0.4) is 0 Å². The van der Waals surface area contributed by atoms with Gasteiger partial charge >= 0.3 is 0 Å². The molecule has 1 aliphatic rings. The Morgan fingerprint density at radius 3 is 2.50 bits per heavy atom. The summed E-state index contributed by atoms with van der Waals surface area (Å²) in [6.07, 6.45) is 3.76. The Morgan fingerprint density at radius 2 is 2.00 bits per heavy atom. The average molecular weight is 283 g/mol. The van der Waals surface area contributed by atoms with E-state index in [0.29, 0.717) is 12.5 Å². The number of benzene rings is 1. The van der Waals surface area contributed by atoms with E-state index >= 15 is 0 Å². The molecule has 0 saturated heterocycles. The van der Waals surface area contributed by atoms with Crippen molar-refractivity contribution in [2.45, 2.75) is 45.1 Å². The second-order valence-corrected chi connectivity index (χ2v) is 5.99. The molecule has 112 valence electrons. The van der Waals surface area contributed by atoms with Gasteiger partial charge in [0.15, 0.2) is 0 Å². The maximum Gasteiger partial charge on any atom is 0.131 e. The first kappa shape index (κ1) is 15.4. The van der Waals surface area contributed by atoms with Crippen molar-refractivity contribution in [3.8, 4) is 0 Å². The van der Waals surface area contributed by atoms with Crippen LogP contribution in [0.2, 0.25) is 0 Å². The fraction of sp³-hybridized carbons (Fsp3) is 0.625. The molecule has 1 aromatic carbocycles. The summed E-state index contributed by atoms with van der Waals surface area (Å²) in [6, 6.07) is 3.34. The van der Waals surface area contributed by atoms with Crippen LogP contribution in [-0.4, -0.2) is 11.7 Å². The van der Waals surface area contributed by atoms with Gasteiger partial charge in [0, 0.05) is 23.6 Å². The zero-order valence-corrected chi connectivity index (χ0v) is 11.9. The van der Waals surface area contributed by atoms with Gasteiger partial charge in [0.05, 0.1) is 6.10 Å². The Bertz CT molecular complexity index is 456. The maximum atomic E-state index is 13.9. The van der Waals surface area contributed by atoms with Crippen LogP contribution >= 0.6 is 0 Å². The van der Waals surface area contributed by atoms with Crippen LogP contribution in [0.1, 0.15) is 50.7 Å². The Labute approximate surface area is 119 Å². The summed E-state index contributed by atoms with van der Waals surface area (Å²) < 4.78 is 26.8. The molecule has 1 saturated carbocycles. The molecule has 2 nitrogen and oxygen atoms in total. The summed E-state index contributed by atoms with van der Waals surface area (Å²) >= 11 is 0. The lowest BCUT2D eigenvalue weighted by Gasteiger charge is -2.43. The number of nitrogens with two attached hydrogens (primary N) is 1. The van der Waals surface area contributed by atoms with E-state index in [0.717, 1.165) is 38.2 Å². The molecule has 0 amide bonds. The second kappa shape index (κ2) is 6.19. The minimum absolute atomic E-state index is 0.159. The van der Waals surface area contributed by atoms with E-state index in [-0.39, 0.29) is 5.56 Å². The van der Waals surface area contributed by atoms with Crippen molar-refractivity contribution in [3.05, 3.63) is 35.4 Å². The van der Waals surface area contributed by atoms with Gasteiger partial charge in [-0.05, 0) is 37.7 Å². The minimum atomic E-state index is -0.967. The van der Waals surface area contributed by atoms with Crippen molar-refractivity contribution < 1.29 is 13.9 Å². The van der Waals surface area contributed by atoms with Crippen LogP contribution in [-0.2, 0) is 0 Å². The van der Waals surface area contributed by atoms with E-state index < -0.39 is 23.2 Å². The van der Waals surface area contributed by atoms with Crippen molar-refractivity contribution in [1.29, 1.82) is 0 Å². The molecule has 1 atom stereocenters. The van der Waals surface area contributed by atoms with Crippen molar-refractivity contribution >= 4 is 0 Å². The van der Waals surface area contributed by atoms with Gasteiger partial charge < -0.3 is 10.8 Å². The van der Waals surface area contributed by atoms with Gasteiger partial charge in [-0.3, -0.25) is 0 Å². The van der Waals surface area contributed by atoms with Crippen molar-refractivity contribution in [3.63, 3.8) is 0 Å². The van der Waals surface area contributed by atoms with Gasteiger partial charge in [-0.1, -0.05) is 19.4 Å². The molecule has 4 heteroatoms. The number of aliphatic hydroxyl groups is 1. The van der Waals surface area contributed by atoms with Gasteiger partial charge in [-0.25, -0.2) is 8.78 Å². The third kappa shape index (κ3) is 2.86. The highest BCUT2D eigenvalue weighted by molar-refractivity contribution is 5.23. The molecular weight excluding hydrogens is 260 g/mol. The molecule has 1 unspecified atom stereocenters. The van der Waals surface area contributed by atoms with E-state index in [1.165, 1.54) is 12.1 Å². The predicted molar refractivity (Wildman–Crippen MR) is 75.1 cm³/mol. The third-order valence-corrected chi connectivity index (χ3v) is 4.92. The van der Waals surface area contributed by atoms with Crippen molar-refractivity contribution in [2.24, 2.45) is 17.1 Å². The molecule has 20 heavy (non-hydrogen) atoms. The number of aliphatic hydroxyl groups excluding tert-OH is 1. The fourth-order valence-corrected chi connectivity index (χ4v) is 3.30. The number of halogens is 2. The molecule has 0 heterocycles. The number of rotatable bonds is 4. The molecule has 0 spiro atoms. The highest BCUT2D eigenvalue weighted by atomic mass is 19.1. The van der Waals surface area contributed by atoms with Crippen LogP contribution in [0.15, 0.2) is 18.2 Å². The molecule has 3 N–H and O–H groups in total. The molecule has 0 aliphatic heterocycles. The topological polar surface area (TPSA) is 46.2 Å². The summed E-state index contributed by atoms with van der Waals surface area (Å²) in [4.78, 5) is 0. The standard InChI is InChI=1S/C16H23F2NO/c1-2-11-5-7-16(10-19,8-6-11)15(20)13-4-3-12(17)9-14(13)18/h3-4,9,11,15,20H,2,5-8,10,19H2,1H3. The molecule has 1 aromatic rings. The van der Waals surface area contributed by atoms with Crippen LogP contribution in [0.4, 0.5) is 8.78 Å². The maximum absolute atomic E-state index is 13.9. The summed E-state index contributed by atoms with van der Waals surface area (Å²) in [5.74, 6) is -0.655. The SMILES string of the molecule is CCC1CCC(CN)(C(O)c2ccc(F)cc2F)CC1. The predicted octanol–water partition coefficient (Wildman–Crippen LogP) is 3.54. The quantitative estimate of drug-likeness (QED) is 0.887. The minimum Gasteiger partial charge on any atom is -0.388 e. The molecule has 2 rings (SSSR count). The first-order chi connectivity index (χ1) is 9.52. The van der Waals surface area contributed by atoms with Gasteiger partial charge in [-0.2, -0.15) is 0 Å². The van der Waals surface area contributed by atoms with Crippen LogP contribution in [0, 0.1) is 23.0 Å².